The summed E-state index contributed by atoms with van der Waals surface area (Å²) in [7, 11) is 1.52. The summed E-state index contributed by atoms with van der Waals surface area (Å²) in [6, 6.07) is 37.9. The molecule has 0 aliphatic heterocycles. The van der Waals surface area contributed by atoms with Crippen molar-refractivity contribution in [1.29, 1.82) is 0 Å². The molecule has 1 unspecified atom stereocenters. The first-order valence-corrected chi connectivity index (χ1v) is 16.6. The minimum Gasteiger partial charge on any atom is -0.495 e. The molecule has 5 aromatic carbocycles. The van der Waals surface area contributed by atoms with Gasteiger partial charge < -0.3 is 25.4 Å². The Morgan fingerprint density at radius 2 is 1.53 bits per heavy atom. The monoisotopic (exact) mass is 691 g/mol. The van der Waals surface area contributed by atoms with Crippen LogP contribution in [-0.4, -0.2) is 30.1 Å². The van der Waals surface area contributed by atoms with E-state index in [9.17, 15) is 14.4 Å². The summed E-state index contributed by atoms with van der Waals surface area (Å²) in [6.45, 7) is 2.20. The first kappa shape index (κ1) is 34.8. The molecule has 3 amide bonds. The third-order valence-electron chi connectivity index (χ3n) is 7.16. The van der Waals surface area contributed by atoms with Crippen molar-refractivity contribution in [3.63, 3.8) is 0 Å². The summed E-state index contributed by atoms with van der Waals surface area (Å²) in [4.78, 5) is 40.5. The molecule has 5 aromatic rings. The topological polar surface area (TPSA) is 106 Å². The summed E-state index contributed by atoms with van der Waals surface area (Å²) in [5, 5.41) is 8.49. The van der Waals surface area contributed by atoms with Crippen LogP contribution in [0.5, 0.6) is 11.5 Å². The Kier molecular flexibility index (Phi) is 12.1. The number of rotatable bonds is 13. The molecule has 0 aliphatic rings. The van der Waals surface area contributed by atoms with Crippen LogP contribution >= 0.6 is 23.4 Å². The predicted octanol–water partition coefficient (Wildman–Crippen LogP) is 8.46. The van der Waals surface area contributed by atoms with Crippen LogP contribution < -0.4 is 25.4 Å². The second-order valence-electron chi connectivity index (χ2n) is 10.8. The van der Waals surface area contributed by atoms with Gasteiger partial charge in [0.15, 0.2) is 0 Å². The Morgan fingerprint density at radius 3 is 2.24 bits per heavy atom. The molecule has 0 fully saturated rings. The number of halogens is 1. The average Bonchev–Trinajstić information content (AvgIpc) is 3.12. The molecular weight excluding hydrogens is 658 g/mol. The number of amides is 3. The molecule has 0 aliphatic carbocycles. The summed E-state index contributed by atoms with van der Waals surface area (Å²) in [5.41, 5.74) is 3.15. The SMILES string of the molecule is COc1ccc(Cl)cc1NC(=O)C(C)Sc1cccc(NC(=O)/C(=C\c2ccc(OCc3ccccc3)cc2)NC(=O)c2ccccc2)c1. The van der Waals surface area contributed by atoms with E-state index in [1.807, 2.05) is 66.7 Å². The lowest BCUT2D eigenvalue weighted by Crippen LogP contribution is -2.30. The quantitative estimate of drug-likeness (QED) is 0.0845. The Balaban J connectivity index is 1.28. The molecule has 0 bridgehead atoms. The number of thioether (sulfide) groups is 1. The molecule has 49 heavy (non-hydrogen) atoms. The summed E-state index contributed by atoms with van der Waals surface area (Å²) < 4.78 is 11.2. The van der Waals surface area contributed by atoms with Crippen LogP contribution in [0, 0.1) is 0 Å². The van der Waals surface area contributed by atoms with E-state index in [1.54, 1.807) is 73.7 Å². The number of carbonyl (C=O) groups excluding carboxylic acids is 3. The Labute approximate surface area is 294 Å². The highest BCUT2D eigenvalue weighted by Crippen LogP contribution is 2.31. The van der Waals surface area contributed by atoms with Crippen LogP contribution in [0.4, 0.5) is 11.4 Å². The Morgan fingerprint density at radius 1 is 0.816 bits per heavy atom. The summed E-state index contributed by atoms with van der Waals surface area (Å²) in [6.07, 6.45) is 1.60. The largest absolute Gasteiger partial charge is 0.495 e. The zero-order valence-electron chi connectivity index (χ0n) is 26.8. The van der Waals surface area contributed by atoms with Crippen molar-refractivity contribution in [2.45, 2.75) is 23.7 Å². The number of hydrogen-bond acceptors (Lipinski definition) is 6. The van der Waals surface area contributed by atoms with Crippen molar-refractivity contribution in [3.8, 4) is 11.5 Å². The highest BCUT2D eigenvalue weighted by molar-refractivity contribution is 8.00. The lowest BCUT2D eigenvalue weighted by molar-refractivity contribution is -0.115. The van der Waals surface area contributed by atoms with Gasteiger partial charge in [0.25, 0.3) is 11.8 Å². The molecule has 5 rings (SSSR count). The normalized spacial score (nSPS) is 11.6. The number of hydrogen-bond donors (Lipinski definition) is 3. The molecule has 3 N–H and O–H groups in total. The maximum Gasteiger partial charge on any atom is 0.272 e. The van der Waals surface area contributed by atoms with Crippen LogP contribution in [0.1, 0.15) is 28.4 Å². The van der Waals surface area contributed by atoms with Gasteiger partial charge in [0.1, 0.15) is 23.8 Å². The highest BCUT2D eigenvalue weighted by atomic mass is 35.5. The Bertz CT molecular complexity index is 1940. The van der Waals surface area contributed by atoms with Gasteiger partial charge in [-0.15, -0.1) is 11.8 Å². The van der Waals surface area contributed by atoms with Crippen molar-refractivity contribution in [2.24, 2.45) is 0 Å². The van der Waals surface area contributed by atoms with Gasteiger partial charge >= 0.3 is 0 Å². The van der Waals surface area contributed by atoms with Gasteiger partial charge in [-0.05, 0) is 84.8 Å². The standard InChI is InChI=1S/C39H34ClN3O5S/c1-26(37(44)42-34-23-30(40)18-21-36(34)47-2)49-33-15-9-14-31(24-33)41-39(46)35(43-38(45)29-12-7-4-8-13-29)22-27-16-19-32(20-17-27)48-25-28-10-5-3-6-11-28/h3-24,26H,25H2,1-2H3,(H,41,46)(H,42,44)(H,43,45)/b35-22+. The third kappa shape index (κ3) is 10.2. The van der Waals surface area contributed by atoms with Crippen molar-refractivity contribution >= 4 is 58.5 Å². The van der Waals surface area contributed by atoms with E-state index in [2.05, 4.69) is 16.0 Å². The van der Waals surface area contributed by atoms with Crippen LogP contribution in [0.3, 0.4) is 0 Å². The number of ether oxygens (including phenoxy) is 2. The molecule has 0 aromatic heterocycles. The van der Waals surface area contributed by atoms with E-state index in [-0.39, 0.29) is 11.6 Å². The minimum atomic E-state index is -0.519. The van der Waals surface area contributed by atoms with E-state index in [4.69, 9.17) is 21.1 Å². The lowest BCUT2D eigenvalue weighted by Gasteiger charge is -2.15. The molecular formula is C39H34ClN3O5S. The van der Waals surface area contributed by atoms with Crippen molar-refractivity contribution < 1.29 is 23.9 Å². The summed E-state index contributed by atoms with van der Waals surface area (Å²) in [5.74, 6) is -0.0234. The molecule has 8 nitrogen and oxygen atoms in total. The first-order chi connectivity index (χ1) is 23.8. The highest BCUT2D eigenvalue weighted by Gasteiger charge is 2.19. The number of nitrogens with one attached hydrogen (secondary N) is 3. The van der Waals surface area contributed by atoms with Crippen molar-refractivity contribution in [1.82, 2.24) is 5.32 Å². The van der Waals surface area contributed by atoms with Crippen LogP contribution in [0.25, 0.3) is 6.08 Å². The van der Waals surface area contributed by atoms with Crippen LogP contribution in [0.2, 0.25) is 5.02 Å². The molecule has 10 heteroatoms. The molecule has 0 heterocycles. The van der Waals surface area contributed by atoms with Gasteiger partial charge in [0, 0.05) is 21.2 Å². The maximum absolute atomic E-state index is 13.6. The van der Waals surface area contributed by atoms with Crippen molar-refractivity contribution in [2.75, 3.05) is 17.7 Å². The van der Waals surface area contributed by atoms with Crippen molar-refractivity contribution in [3.05, 3.63) is 155 Å². The van der Waals surface area contributed by atoms with Crippen LogP contribution in [-0.2, 0) is 16.2 Å². The number of benzene rings is 5. The first-order valence-electron chi connectivity index (χ1n) is 15.3. The van der Waals surface area contributed by atoms with E-state index in [1.165, 1.54) is 18.9 Å². The number of anilines is 2. The van der Waals surface area contributed by atoms with E-state index in [0.717, 1.165) is 10.5 Å². The maximum atomic E-state index is 13.6. The number of methoxy groups -OCH3 is 1. The fourth-order valence-corrected chi connectivity index (χ4v) is 5.72. The lowest BCUT2D eigenvalue weighted by atomic mass is 10.1. The van der Waals surface area contributed by atoms with Gasteiger partial charge in [-0.1, -0.05) is 78.3 Å². The van der Waals surface area contributed by atoms with Gasteiger partial charge in [-0.3, -0.25) is 14.4 Å². The van der Waals surface area contributed by atoms with E-state index < -0.39 is 17.1 Å². The Hall–Kier alpha value is -5.51. The smallest absolute Gasteiger partial charge is 0.272 e. The molecule has 1 atom stereocenters. The second kappa shape index (κ2) is 17.1. The van der Waals surface area contributed by atoms with E-state index in [0.29, 0.717) is 45.6 Å². The molecule has 248 valence electrons. The fourth-order valence-electron chi connectivity index (χ4n) is 4.63. The fraction of sp³-hybridized carbons (Fsp3) is 0.103. The minimum absolute atomic E-state index is 0.0491. The zero-order chi connectivity index (χ0) is 34.6. The molecule has 0 radical (unpaired) electrons. The van der Waals surface area contributed by atoms with Gasteiger partial charge in [0.05, 0.1) is 18.0 Å². The average molecular weight is 692 g/mol. The zero-order valence-corrected chi connectivity index (χ0v) is 28.4. The van der Waals surface area contributed by atoms with Gasteiger partial charge in [0.2, 0.25) is 5.91 Å². The van der Waals surface area contributed by atoms with Gasteiger partial charge in [-0.25, -0.2) is 0 Å². The number of carbonyl (C=O) groups is 3. The predicted molar refractivity (Wildman–Crippen MR) is 196 cm³/mol. The van der Waals surface area contributed by atoms with Crippen LogP contribution in [0.15, 0.2) is 138 Å². The molecule has 0 saturated carbocycles. The third-order valence-corrected chi connectivity index (χ3v) is 8.49. The van der Waals surface area contributed by atoms with E-state index >= 15 is 0 Å². The molecule has 0 spiro atoms. The van der Waals surface area contributed by atoms with Gasteiger partial charge in [-0.2, -0.15) is 0 Å². The second-order valence-corrected chi connectivity index (χ2v) is 12.6. The summed E-state index contributed by atoms with van der Waals surface area (Å²) >= 11 is 7.43. The molecule has 0 saturated heterocycles.